The Balaban J connectivity index is 2.33. The zero-order chi connectivity index (χ0) is 20.7. The van der Waals surface area contributed by atoms with Crippen LogP contribution >= 0.6 is 0 Å². The monoisotopic (exact) mass is 386 g/mol. The topological polar surface area (TPSA) is 104 Å². The number of pyridine rings is 1. The van der Waals surface area contributed by atoms with Gasteiger partial charge in [-0.3, -0.25) is 5.43 Å². The van der Waals surface area contributed by atoms with Gasteiger partial charge in [0, 0.05) is 24.9 Å². The van der Waals surface area contributed by atoms with E-state index in [0.717, 1.165) is 22.0 Å². The van der Waals surface area contributed by atoms with Gasteiger partial charge in [-0.25, -0.2) is 14.8 Å². The molecule has 0 fully saturated rings. The molecule has 0 spiro atoms. The SMILES string of the molecule is CNc1cc(-c2ccc(NN(C(=O)O)C(C=O)CC(C)C)cc2OC)ccn1. The smallest absolute Gasteiger partial charge is 0.426 e. The molecule has 1 heterocycles. The third kappa shape index (κ3) is 5.12. The number of aldehydes is 1. The van der Waals surface area contributed by atoms with Gasteiger partial charge >= 0.3 is 6.09 Å². The molecule has 8 nitrogen and oxygen atoms in total. The molecule has 0 bridgehead atoms. The summed E-state index contributed by atoms with van der Waals surface area (Å²) in [5.74, 6) is 1.46. The van der Waals surface area contributed by atoms with Crippen molar-refractivity contribution in [2.45, 2.75) is 26.3 Å². The van der Waals surface area contributed by atoms with E-state index in [1.165, 1.54) is 0 Å². The lowest BCUT2D eigenvalue weighted by molar-refractivity contribution is -0.112. The van der Waals surface area contributed by atoms with Gasteiger partial charge < -0.3 is 20.0 Å². The maximum Gasteiger partial charge on any atom is 0.426 e. The summed E-state index contributed by atoms with van der Waals surface area (Å²) < 4.78 is 5.49. The van der Waals surface area contributed by atoms with E-state index < -0.39 is 12.1 Å². The van der Waals surface area contributed by atoms with E-state index in [2.05, 4.69) is 15.7 Å². The second kappa shape index (κ2) is 9.59. The number of methoxy groups -OCH3 is 1. The van der Waals surface area contributed by atoms with E-state index in [9.17, 15) is 14.7 Å². The number of benzene rings is 1. The molecule has 0 radical (unpaired) electrons. The Morgan fingerprint density at radius 1 is 1.32 bits per heavy atom. The fourth-order valence-electron chi connectivity index (χ4n) is 2.85. The van der Waals surface area contributed by atoms with Gasteiger partial charge in [-0.2, -0.15) is 0 Å². The molecule has 28 heavy (non-hydrogen) atoms. The normalized spacial score (nSPS) is 11.6. The average molecular weight is 386 g/mol. The predicted octanol–water partition coefficient (Wildman–Crippen LogP) is 3.72. The number of nitrogens with one attached hydrogen (secondary N) is 2. The van der Waals surface area contributed by atoms with Crippen molar-refractivity contribution in [3.05, 3.63) is 36.5 Å². The quantitative estimate of drug-likeness (QED) is 0.446. The number of aromatic nitrogens is 1. The van der Waals surface area contributed by atoms with Gasteiger partial charge in [-0.05, 0) is 42.2 Å². The first kappa shape index (κ1) is 21.0. The van der Waals surface area contributed by atoms with Crippen LogP contribution in [0.5, 0.6) is 5.75 Å². The summed E-state index contributed by atoms with van der Waals surface area (Å²) in [4.78, 5) is 27.3. The Morgan fingerprint density at radius 2 is 2.07 bits per heavy atom. The maximum atomic E-state index is 11.7. The lowest BCUT2D eigenvalue weighted by Gasteiger charge is -2.28. The highest BCUT2D eigenvalue weighted by molar-refractivity contribution is 5.77. The zero-order valence-electron chi connectivity index (χ0n) is 16.5. The summed E-state index contributed by atoms with van der Waals surface area (Å²) in [6.45, 7) is 3.87. The van der Waals surface area contributed by atoms with Crippen molar-refractivity contribution in [3.63, 3.8) is 0 Å². The van der Waals surface area contributed by atoms with Crippen LogP contribution in [0.4, 0.5) is 16.3 Å². The van der Waals surface area contributed by atoms with Crippen molar-refractivity contribution >= 4 is 23.9 Å². The van der Waals surface area contributed by atoms with E-state index in [-0.39, 0.29) is 5.92 Å². The molecule has 1 unspecified atom stereocenters. The Hall–Kier alpha value is -3.29. The van der Waals surface area contributed by atoms with Crippen molar-refractivity contribution in [1.29, 1.82) is 0 Å². The molecule has 2 aromatic rings. The summed E-state index contributed by atoms with van der Waals surface area (Å²) in [6.07, 6.45) is 1.53. The highest BCUT2D eigenvalue weighted by Gasteiger charge is 2.24. The molecule has 150 valence electrons. The lowest BCUT2D eigenvalue weighted by Crippen LogP contribution is -2.45. The fraction of sp³-hybridized carbons (Fsp3) is 0.350. The van der Waals surface area contributed by atoms with Gasteiger partial charge in [-0.15, -0.1) is 0 Å². The molecule has 1 aromatic carbocycles. The van der Waals surface area contributed by atoms with Crippen molar-refractivity contribution < 1.29 is 19.4 Å². The largest absolute Gasteiger partial charge is 0.496 e. The zero-order valence-corrected chi connectivity index (χ0v) is 16.5. The molecule has 0 aliphatic heterocycles. The van der Waals surface area contributed by atoms with Crippen LogP contribution in [-0.4, -0.2) is 47.7 Å². The van der Waals surface area contributed by atoms with E-state index in [1.807, 2.05) is 32.0 Å². The second-order valence-electron chi connectivity index (χ2n) is 6.69. The Kier molecular flexibility index (Phi) is 7.20. The van der Waals surface area contributed by atoms with E-state index in [1.54, 1.807) is 32.5 Å². The number of hydrazine groups is 1. The number of ether oxygens (including phenoxy) is 1. The van der Waals surface area contributed by atoms with Crippen LogP contribution in [-0.2, 0) is 4.79 Å². The first-order valence-electron chi connectivity index (χ1n) is 8.95. The van der Waals surface area contributed by atoms with Gasteiger partial charge in [0.15, 0.2) is 0 Å². The van der Waals surface area contributed by atoms with Gasteiger partial charge in [0.05, 0.1) is 12.8 Å². The molecule has 8 heteroatoms. The fourth-order valence-corrected chi connectivity index (χ4v) is 2.85. The van der Waals surface area contributed by atoms with Gasteiger partial charge in [0.1, 0.15) is 23.9 Å². The number of hydrogen-bond acceptors (Lipinski definition) is 6. The molecule has 0 saturated heterocycles. The minimum absolute atomic E-state index is 0.170. The van der Waals surface area contributed by atoms with Gasteiger partial charge in [0.2, 0.25) is 0 Å². The second-order valence-corrected chi connectivity index (χ2v) is 6.69. The molecule has 3 N–H and O–H groups in total. The lowest BCUT2D eigenvalue weighted by atomic mass is 10.0. The summed E-state index contributed by atoms with van der Waals surface area (Å²) >= 11 is 0. The average Bonchev–Trinajstić information content (AvgIpc) is 2.69. The number of carbonyl (C=O) groups is 2. The summed E-state index contributed by atoms with van der Waals surface area (Å²) in [5, 5.41) is 13.4. The molecule has 0 aliphatic rings. The van der Waals surface area contributed by atoms with E-state index >= 15 is 0 Å². The van der Waals surface area contributed by atoms with Crippen LogP contribution in [0.2, 0.25) is 0 Å². The third-order valence-electron chi connectivity index (χ3n) is 4.19. The standard InChI is InChI=1S/C20H26N4O4/c1-13(2)9-16(12-25)24(20(26)27)23-15-5-6-17(18(11-15)28-4)14-7-8-22-19(10-14)21-3/h5-8,10-13,16,23H,9H2,1-4H3,(H,21,22)(H,26,27). The van der Waals surface area contributed by atoms with Crippen molar-refractivity contribution in [2.24, 2.45) is 5.92 Å². The van der Waals surface area contributed by atoms with Crippen LogP contribution in [0.25, 0.3) is 11.1 Å². The van der Waals surface area contributed by atoms with Crippen LogP contribution in [0.1, 0.15) is 20.3 Å². The molecule has 2 rings (SSSR count). The number of carboxylic acid groups (broad SMARTS) is 1. The first-order chi connectivity index (χ1) is 13.4. The minimum Gasteiger partial charge on any atom is -0.496 e. The number of amides is 1. The molecule has 1 aromatic heterocycles. The number of rotatable bonds is 9. The molecular formula is C20H26N4O4. The number of anilines is 2. The Labute approximate surface area is 164 Å². The molecule has 0 aliphatic carbocycles. The predicted molar refractivity (Wildman–Crippen MR) is 109 cm³/mol. The van der Waals surface area contributed by atoms with Crippen molar-refractivity contribution in [3.8, 4) is 16.9 Å². The number of nitrogens with zero attached hydrogens (tertiary/aromatic N) is 2. The Bertz CT molecular complexity index is 826. The maximum absolute atomic E-state index is 11.7. The van der Waals surface area contributed by atoms with Crippen LogP contribution < -0.4 is 15.5 Å². The van der Waals surface area contributed by atoms with Crippen LogP contribution in [0, 0.1) is 5.92 Å². The molecule has 1 atom stereocenters. The third-order valence-corrected chi connectivity index (χ3v) is 4.19. The number of carbonyl (C=O) groups excluding carboxylic acids is 1. The summed E-state index contributed by atoms with van der Waals surface area (Å²) in [5.41, 5.74) is 5.05. The number of hydrogen-bond donors (Lipinski definition) is 3. The minimum atomic E-state index is -1.23. The van der Waals surface area contributed by atoms with Gasteiger partial charge in [-0.1, -0.05) is 13.8 Å². The summed E-state index contributed by atoms with van der Waals surface area (Å²) in [6, 6.07) is 8.22. The van der Waals surface area contributed by atoms with Crippen molar-refractivity contribution in [2.75, 3.05) is 24.9 Å². The Morgan fingerprint density at radius 3 is 2.64 bits per heavy atom. The van der Waals surface area contributed by atoms with E-state index in [0.29, 0.717) is 24.1 Å². The van der Waals surface area contributed by atoms with Crippen molar-refractivity contribution in [1.82, 2.24) is 9.99 Å². The van der Waals surface area contributed by atoms with Gasteiger partial charge in [0.25, 0.3) is 0 Å². The van der Waals surface area contributed by atoms with Crippen LogP contribution in [0.15, 0.2) is 36.5 Å². The highest BCUT2D eigenvalue weighted by Crippen LogP contribution is 2.33. The van der Waals surface area contributed by atoms with E-state index in [4.69, 9.17) is 4.74 Å². The first-order valence-corrected chi connectivity index (χ1v) is 8.95. The summed E-state index contributed by atoms with van der Waals surface area (Å²) in [7, 11) is 3.34. The molecular weight excluding hydrogens is 360 g/mol. The molecule has 0 saturated carbocycles. The molecule has 1 amide bonds. The highest BCUT2D eigenvalue weighted by atomic mass is 16.5. The van der Waals surface area contributed by atoms with Crippen LogP contribution in [0.3, 0.4) is 0 Å².